The molecule has 0 fully saturated rings. The third kappa shape index (κ3) is 4.68. The first-order valence-corrected chi connectivity index (χ1v) is 9.21. The lowest BCUT2D eigenvalue weighted by atomic mass is 10.1. The lowest BCUT2D eigenvalue weighted by Crippen LogP contribution is -2.14. The Morgan fingerprint density at radius 1 is 1.16 bits per heavy atom. The number of rotatable bonds is 5. The number of nitrogens with two attached hydrogens (primary N) is 2. The van der Waals surface area contributed by atoms with Crippen molar-refractivity contribution < 1.29 is 4.79 Å². The molecule has 0 unspecified atom stereocenters. The van der Waals surface area contributed by atoms with Gasteiger partial charge in [-0.1, -0.05) is 41.6 Å². The maximum Gasteiger partial charge on any atom is 0.236 e. The van der Waals surface area contributed by atoms with Crippen LogP contribution in [0.5, 0.6) is 0 Å². The number of aromatic nitrogens is 3. The van der Waals surface area contributed by atoms with Gasteiger partial charge in [0.15, 0.2) is 10.3 Å². The van der Waals surface area contributed by atoms with Crippen LogP contribution in [0.15, 0.2) is 40.9 Å². The van der Waals surface area contributed by atoms with Gasteiger partial charge in [0.2, 0.25) is 5.91 Å². The van der Waals surface area contributed by atoms with Crippen molar-refractivity contribution in [3.63, 3.8) is 0 Å². The summed E-state index contributed by atoms with van der Waals surface area (Å²) in [6.45, 7) is 2.03. The summed E-state index contributed by atoms with van der Waals surface area (Å²) in [5, 5.41) is 5.60. The second-order valence-corrected chi connectivity index (χ2v) is 7.04. The van der Waals surface area contributed by atoms with Gasteiger partial charge in [-0.3, -0.25) is 4.79 Å². The lowest BCUT2D eigenvalue weighted by molar-refractivity contribution is -0.113. The van der Waals surface area contributed by atoms with E-state index in [0.717, 1.165) is 23.0 Å². The number of hydrogen-bond donors (Lipinski definition) is 3. The molecule has 3 aromatic rings. The summed E-state index contributed by atoms with van der Waals surface area (Å²) in [6.07, 6.45) is 0. The van der Waals surface area contributed by atoms with Crippen molar-refractivity contribution in [2.45, 2.75) is 12.1 Å². The molecule has 25 heavy (non-hydrogen) atoms. The Kier molecular flexibility index (Phi) is 5.15. The number of hydrogen-bond acceptors (Lipinski definition) is 8. The highest BCUT2D eigenvalue weighted by molar-refractivity contribution is 7.99. The van der Waals surface area contributed by atoms with Crippen LogP contribution >= 0.6 is 23.1 Å². The molecule has 0 aliphatic rings. The maximum atomic E-state index is 12.1. The Morgan fingerprint density at radius 3 is 2.52 bits per heavy atom. The van der Waals surface area contributed by atoms with Crippen molar-refractivity contribution in [2.24, 2.45) is 0 Å². The average Bonchev–Trinajstić information content (AvgIpc) is 3.01. The predicted molar refractivity (Wildman–Crippen MR) is 102 cm³/mol. The normalized spacial score (nSPS) is 10.6. The van der Waals surface area contributed by atoms with Gasteiger partial charge < -0.3 is 16.8 Å². The first-order valence-electron chi connectivity index (χ1n) is 7.35. The number of anilines is 3. The molecule has 1 aromatic carbocycles. The van der Waals surface area contributed by atoms with Crippen LogP contribution in [0, 0.1) is 6.92 Å². The van der Waals surface area contributed by atoms with E-state index in [1.165, 1.54) is 23.0 Å². The third-order valence-electron chi connectivity index (χ3n) is 3.18. The van der Waals surface area contributed by atoms with E-state index >= 15 is 0 Å². The van der Waals surface area contributed by atoms with Crippen LogP contribution in [-0.4, -0.2) is 26.6 Å². The number of nitrogen functional groups attached to an aromatic ring is 2. The van der Waals surface area contributed by atoms with E-state index < -0.39 is 0 Å². The Bertz CT molecular complexity index is 874. The van der Waals surface area contributed by atoms with Crippen LogP contribution in [0.3, 0.4) is 0 Å². The zero-order chi connectivity index (χ0) is 17.8. The van der Waals surface area contributed by atoms with Crippen LogP contribution in [0.2, 0.25) is 0 Å². The second-order valence-electron chi connectivity index (χ2n) is 5.24. The molecule has 128 valence electrons. The highest BCUT2D eigenvalue weighted by atomic mass is 32.2. The molecule has 7 nitrogen and oxygen atoms in total. The molecule has 0 radical (unpaired) electrons. The summed E-state index contributed by atoms with van der Waals surface area (Å²) < 4.78 is 0. The van der Waals surface area contributed by atoms with E-state index in [-0.39, 0.29) is 23.3 Å². The maximum absolute atomic E-state index is 12.1. The molecule has 0 aliphatic carbocycles. The molecule has 2 heterocycles. The number of nitrogens with one attached hydrogen (secondary N) is 1. The van der Waals surface area contributed by atoms with Gasteiger partial charge in [-0.25, -0.2) is 15.0 Å². The van der Waals surface area contributed by atoms with Gasteiger partial charge in [0, 0.05) is 17.0 Å². The number of nitrogens with zero attached hydrogens (tertiary/aromatic N) is 3. The van der Waals surface area contributed by atoms with E-state index in [1.54, 1.807) is 0 Å². The smallest absolute Gasteiger partial charge is 0.236 e. The molecule has 2 aromatic heterocycles. The SMILES string of the molecule is Cc1ccc(-c2csc(NC(=O)CSc3nc(N)cc(N)n3)n2)cc1. The summed E-state index contributed by atoms with van der Waals surface area (Å²) in [7, 11) is 0. The van der Waals surface area contributed by atoms with Gasteiger partial charge in [-0.2, -0.15) is 0 Å². The molecule has 0 spiro atoms. The Balaban J connectivity index is 1.59. The van der Waals surface area contributed by atoms with Crippen molar-refractivity contribution in [1.82, 2.24) is 15.0 Å². The van der Waals surface area contributed by atoms with Crippen LogP contribution < -0.4 is 16.8 Å². The first-order chi connectivity index (χ1) is 12.0. The number of thioether (sulfide) groups is 1. The summed E-state index contributed by atoms with van der Waals surface area (Å²) in [4.78, 5) is 24.5. The van der Waals surface area contributed by atoms with Crippen molar-refractivity contribution in [3.05, 3.63) is 41.3 Å². The van der Waals surface area contributed by atoms with Crippen molar-refractivity contribution in [3.8, 4) is 11.3 Å². The monoisotopic (exact) mass is 372 g/mol. The van der Waals surface area contributed by atoms with E-state index in [2.05, 4.69) is 20.3 Å². The topological polar surface area (TPSA) is 120 Å². The average molecular weight is 372 g/mol. The van der Waals surface area contributed by atoms with Crippen molar-refractivity contribution in [2.75, 3.05) is 22.5 Å². The van der Waals surface area contributed by atoms with Crippen molar-refractivity contribution >= 4 is 45.8 Å². The zero-order valence-corrected chi connectivity index (χ0v) is 15.0. The van der Waals surface area contributed by atoms with Crippen LogP contribution in [0.1, 0.15) is 5.56 Å². The molecule has 3 rings (SSSR count). The van der Waals surface area contributed by atoms with Crippen LogP contribution in [-0.2, 0) is 4.79 Å². The predicted octanol–water partition coefficient (Wildman–Crippen LogP) is 2.80. The zero-order valence-electron chi connectivity index (χ0n) is 13.4. The molecule has 0 atom stereocenters. The summed E-state index contributed by atoms with van der Waals surface area (Å²) in [5.41, 5.74) is 14.2. The molecule has 5 N–H and O–H groups in total. The second kappa shape index (κ2) is 7.49. The minimum atomic E-state index is -0.195. The van der Waals surface area contributed by atoms with Crippen molar-refractivity contribution in [1.29, 1.82) is 0 Å². The van der Waals surface area contributed by atoms with E-state index in [0.29, 0.717) is 10.3 Å². The molecule has 0 aliphatic heterocycles. The standard InChI is InChI=1S/C16H16N6OS2/c1-9-2-4-10(5-3-9)11-7-24-15(19-11)22-14(23)8-25-16-20-12(17)6-13(18)21-16/h2-7H,8H2,1H3,(H,19,22,23)(H4,17,18,20,21). The molecule has 1 amide bonds. The molecule has 0 saturated heterocycles. The highest BCUT2D eigenvalue weighted by Crippen LogP contribution is 2.25. The molecular formula is C16H16N6OS2. The Hall–Kier alpha value is -2.65. The molecular weight excluding hydrogens is 356 g/mol. The number of amides is 1. The quantitative estimate of drug-likeness (QED) is 0.465. The largest absolute Gasteiger partial charge is 0.383 e. The van der Waals surface area contributed by atoms with Crippen LogP contribution in [0.4, 0.5) is 16.8 Å². The minimum Gasteiger partial charge on any atom is -0.383 e. The van der Waals surface area contributed by atoms with Gasteiger partial charge >= 0.3 is 0 Å². The van der Waals surface area contributed by atoms with E-state index in [4.69, 9.17) is 11.5 Å². The highest BCUT2D eigenvalue weighted by Gasteiger charge is 2.10. The van der Waals surface area contributed by atoms with E-state index in [1.807, 2.05) is 36.6 Å². The molecule has 9 heteroatoms. The molecule has 0 saturated carbocycles. The van der Waals surface area contributed by atoms with Gasteiger partial charge in [0.05, 0.1) is 11.4 Å². The Labute approximate surface area is 152 Å². The Morgan fingerprint density at radius 2 is 1.84 bits per heavy atom. The number of benzene rings is 1. The number of carbonyl (C=O) groups is 1. The number of carbonyl (C=O) groups excluding carboxylic acids is 1. The fraction of sp³-hybridized carbons (Fsp3) is 0.125. The number of thiazole rings is 1. The van der Waals surface area contributed by atoms with Gasteiger partial charge in [0.25, 0.3) is 0 Å². The third-order valence-corrected chi connectivity index (χ3v) is 4.78. The van der Waals surface area contributed by atoms with Gasteiger partial charge in [-0.05, 0) is 6.92 Å². The van der Waals surface area contributed by atoms with Gasteiger partial charge in [0.1, 0.15) is 11.6 Å². The van der Waals surface area contributed by atoms with Gasteiger partial charge in [-0.15, -0.1) is 11.3 Å². The fourth-order valence-corrected chi connectivity index (χ4v) is 3.41. The fourth-order valence-electron chi connectivity index (χ4n) is 2.00. The minimum absolute atomic E-state index is 0.141. The van der Waals surface area contributed by atoms with E-state index in [9.17, 15) is 4.79 Å². The summed E-state index contributed by atoms with van der Waals surface area (Å²) in [5.74, 6) is 0.498. The van der Waals surface area contributed by atoms with Crippen LogP contribution in [0.25, 0.3) is 11.3 Å². The lowest BCUT2D eigenvalue weighted by Gasteiger charge is -2.03. The first kappa shape index (κ1) is 17.2. The summed E-state index contributed by atoms with van der Waals surface area (Å²) >= 11 is 2.54. The summed E-state index contributed by atoms with van der Waals surface area (Å²) in [6, 6.07) is 9.54. The molecule has 0 bridgehead atoms. The number of aryl methyl sites for hydroxylation is 1.